The molecule has 0 atom stereocenters. The number of nitrogens with one attached hydrogen (secondary N) is 1. The topological polar surface area (TPSA) is 65.4 Å². The highest BCUT2D eigenvalue weighted by Gasteiger charge is 2.40. The van der Waals surface area contributed by atoms with Gasteiger partial charge in [0, 0.05) is 17.6 Å². The second kappa shape index (κ2) is 9.30. The number of halogens is 4. The second-order valence-electron chi connectivity index (χ2n) is 6.48. The number of ether oxygens (including phenoxy) is 2. The number of rotatable bonds is 7. The molecule has 0 spiro atoms. The minimum atomic E-state index is -4.79. The van der Waals surface area contributed by atoms with E-state index in [9.17, 15) is 18.0 Å². The number of hydrogen-bond acceptors (Lipinski definition) is 4. The molecule has 6 nitrogen and oxygen atoms in total. The quantitative estimate of drug-likeness (QED) is 0.570. The van der Waals surface area contributed by atoms with Crippen molar-refractivity contribution in [3.8, 4) is 17.2 Å². The van der Waals surface area contributed by atoms with Crippen molar-refractivity contribution in [1.29, 1.82) is 0 Å². The van der Waals surface area contributed by atoms with E-state index in [1.54, 1.807) is 18.2 Å². The zero-order valence-corrected chi connectivity index (χ0v) is 17.4. The lowest BCUT2D eigenvalue weighted by atomic mass is 10.1. The first kappa shape index (κ1) is 22.5. The van der Waals surface area contributed by atoms with Crippen LogP contribution in [0.2, 0.25) is 5.02 Å². The molecule has 0 radical (unpaired) electrons. The molecule has 2 aromatic carbocycles. The van der Waals surface area contributed by atoms with Crippen LogP contribution < -0.4 is 14.8 Å². The highest BCUT2D eigenvalue weighted by molar-refractivity contribution is 6.30. The summed E-state index contributed by atoms with van der Waals surface area (Å²) in [6, 6.07) is 10.9. The third-order valence-corrected chi connectivity index (χ3v) is 4.78. The number of benzene rings is 2. The van der Waals surface area contributed by atoms with Gasteiger partial charge in [0.15, 0.2) is 5.69 Å². The lowest BCUT2D eigenvalue weighted by Crippen LogP contribution is -2.28. The Kier molecular flexibility index (Phi) is 6.74. The van der Waals surface area contributed by atoms with Crippen LogP contribution in [-0.2, 0) is 12.6 Å². The molecule has 0 aliphatic heterocycles. The van der Waals surface area contributed by atoms with Gasteiger partial charge in [-0.25, -0.2) is 4.68 Å². The minimum Gasteiger partial charge on any atom is -0.497 e. The Morgan fingerprint density at radius 1 is 1.13 bits per heavy atom. The predicted octanol–water partition coefficient (Wildman–Crippen LogP) is 4.53. The summed E-state index contributed by atoms with van der Waals surface area (Å²) in [4.78, 5) is 12.5. The average molecular weight is 454 g/mol. The van der Waals surface area contributed by atoms with Gasteiger partial charge >= 0.3 is 6.18 Å². The number of carbonyl (C=O) groups excluding carboxylic acids is 1. The summed E-state index contributed by atoms with van der Waals surface area (Å²) in [6.45, 7) is 0.102. The standard InChI is InChI=1S/C21H19ClF3N3O3/c1-30-16-8-3-13(18(11-16)31-2)9-10-26-20(29)17-12-27-28(19(17)21(23,24)25)15-6-4-14(22)5-7-15/h3-8,11-12H,9-10H2,1-2H3,(H,26,29). The van der Waals surface area contributed by atoms with Crippen molar-refractivity contribution in [3.63, 3.8) is 0 Å². The number of hydrogen-bond donors (Lipinski definition) is 1. The molecule has 1 heterocycles. The molecule has 0 unspecified atom stereocenters. The molecule has 10 heteroatoms. The Morgan fingerprint density at radius 3 is 2.45 bits per heavy atom. The maximum atomic E-state index is 13.7. The summed E-state index contributed by atoms with van der Waals surface area (Å²) in [5.74, 6) is 0.286. The predicted molar refractivity (Wildman–Crippen MR) is 109 cm³/mol. The number of amides is 1. The first-order chi connectivity index (χ1) is 14.7. The first-order valence-corrected chi connectivity index (χ1v) is 9.52. The molecule has 3 aromatic rings. The third kappa shape index (κ3) is 5.11. The molecule has 31 heavy (non-hydrogen) atoms. The fourth-order valence-corrected chi connectivity index (χ4v) is 3.16. The normalized spacial score (nSPS) is 11.3. The Hall–Kier alpha value is -3.20. The minimum absolute atomic E-state index is 0.102. The average Bonchev–Trinajstić information content (AvgIpc) is 3.20. The summed E-state index contributed by atoms with van der Waals surface area (Å²) in [5.41, 5.74) is -0.811. The fourth-order valence-electron chi connectivity index (χ4n) is 3.03. The first-order valence-electron chi connectivity index (χ1n) is 9.15. The van der Waals surface area contributed by atoms with Gasteiger partial charge in [-0.1, -0.05) is 17.7 Å². The van der Waals surface area contributed by atoms with Crippen molar-refractivity contribution in [1.82, 2.24) is 15.1 Å². The molecule has 1 N–H and O–H groups in total. The zero-order valence-electron chi connectivity index (χ0n) is 16.7. The van der Waals surface area contributed by atoms with Gasteiger partial charge in [0.25, 0.3) is 5.91 Å². The van der Waals surface area contributed by atoms with E-state index in [4.69, 9.17) is 21.1 Å². The Balaban J connectivity index is 1.78. The van der Waals surface area contributed by atoms with E-state index >= 15 is 0 Å². The second-order valence-corrected chi connectivity index (χ2v) is 6.91. The van der Waals surface area contributed by atoms with Crippen LogP contribution in [0.5, 0.6) is 11.5 Å². The van der Waals surface area contributed by atoms with Gasteiger partial charge in [-0.2, -0.15) is 18.3 Å². The van der Waals surface area contributed by atoms with Gasteiger partial charge in [0.2, 0.25) is 0 Å². The third-order valence-electron chi connectivity index (χ3n) is 4.53. The molecule has 1 aromatic heterocycles. The van der Waals surface area contributed by atoms with Crippen LogP contribution >= 0.6 is 11.6 Å². The maximum Gasteiger partial charge on any atom is 0.434 e. The summed E-state index contributed by atoms with van der Waals surface area (Å²) < 4.78 is 52.3. The van der Waals surface area contributed by atoms with E-state index in [1.165, 1.54) is 38.5 Å². The van der Waals surface area contributed by atoms with Gasteiger partial charge in [-0.05, 0) is 42.3 Å². The highest BCUT2D eigenvalue weighted by atomic mass is 35.5. The summed E-state index contributed by atoms with van der Waals surface area (Å²) in [6.07, 6.45) is -3.53. The van der Waals surface area contributed by atoms with E-state index in [1.807, 2.05) is 0 Å². The van der Waals surface area contributed by atoms with E-state index in [0.717, 1.165) is 11.8 Å². The summed E-state index contributed by atoms with van der Waals surface area (Å²) >= 11 is 5.80. The smallest absolute Gasteiger partial charge is 0.434 e. The number of carbonyl (C=O) groups is 1. The van der Waals surface area contributed by atoms with E-state index in [-0.39, 0.29) is 12.2 Å². The molecule has 164 valence electrons. The molecular weight excluding hydrogens is 435 g/mol. The van der Waals surface area contributed by atoms with Crippen LogP contribution in [0.25, 0.3) is 5.69 Å². The van der Waals surface area contributed by atoms with E-state index < -0.39 is 23.3 Å². The molecule has 0 aliphatic rings. The monoisotopic (exact) mass is 453 g/mol. The summed E-state index contributed by atoms with van der Waals surface area (Å²) in [7, 11) is 3.02. The van der Waals surface area contributed by atoms with Crippen molar-refractivity contribution in [3.05, 3.63) is 70.5 Å². The van der Waals surface area contributed by atoms with Gasteiger partial charge in [0.1, 0.15) is 11.5 Å². The molecule has 0 aliphatic carbocycles. The largest absolute Gasteiger partial charge is 0.497 e. The highest BCUT2D eigenvalue weighted by Crippen LogP contribution is 2.34. The Morgan fingerprint density at radius 2 is 1.84 bits per heavy atom. The zero-order chi connectivity index (χ0) is 22.6. The van der Waals surface area contributed by atoms with Crippen LogP contribution in [0.4, 0.5) is 13.2 Å². The van der Waals surface area contributed by atoms with Crippen LogP contribution in [0.15, 0.2) is 48.7 Å². The van der Waals surface area contributed by atoms with Crippen molar-refractivity contribution < 1.29 is 27.4 Å². The lowest BCUT2D eigenvalue weighted by molar-refractivity contribution is -0.143. The Labute approximate surface area is 181 Å². The van der Waals surface area contributed by atoms with E-state index in [2.05, 4.69) is 10.4 Å². The molecule has 0 saturated carbocycles. The number of alkyl halides is 3. The van der Waals surface area contributed by atoms with Crippen LogP contribution in [-0.4, -0.2) is 36.5 Å². The fraction of sp³-hybridized carbons (Fsp3) is 0.238. The number of nitrogens with zero attached hydrogens (tertiary/aromatic N) is 2. The van der Waals surface area contributed by atoms with Crippen LogP contribution in [0.3, 0.4) is 0 Å². The van der Waals surface area contributed by atoms with Gasteiger partial charge in [-0.15, -0.1) is 0 Å². The number of methoxy groups -OCH3 is 2. The lowest BCUT2D eigenvalue weighted by Gasteiger charge is -2.13. The van der Waals surface area contributed by atoms with Crippen molar-refractivity contribution in [2.24, 2.45) is 0 Å². The van der Waals surface area contributed by atoms with Gasteiger partial charge in [0.05, 0.1) is 31.7 Å². The van der Waals surface area contributed by atoms with Gasteiger partial charge in [-0.3, -0.25) is 4.79 Å². The summed E-state index contributed by atoms with van der Waals surface area (Å²) in [5, 5.41) is 6.66. The van der Waals surface area contributed by atoms with E-state index in [0.29, 0.717) is 27.6 Å². The molecule has 3 rings (SSSR count). The molecule has 0 saturated heterocycles. The molecular formula is C21H19ClF3N3O3. The SMILES string of the molecule is COc1ccc(CCNC(=O)c2cnn(-c3ccc(Cl)cc3)c2C(F)(F)F)c(OC)c1. The van der Waals surface area contributed by atoms with Crippen molar-refractivity contribution in [2.45, 2.75) is 12.6 Å². The van der Waals surface area contributed by atoms with Crippen molar-refractivity contribution in [2.75, 3.05) is 20.8 Å². The molecule has 1 amide bonds. The molecule has 0 fully saturated rings. The number of aromatic nitrogens is 2. The van der Waals surface area contributed by atoms with Gasteiger partial charge < -0.3 is 14.8 Å². The van der Waals surface area contributed by atoms with Crippen LogP contribution in [0, 0.1) is 0 Å². The maximum absolute atomic E-state index is 13.7. The Bertz CT molecular complexity index is 1070. The molecule has 0 bridgehead atoms. The van der Waals surface area contributed by atoms with Crippen molar-refractivity contribution >= 4 is 17.5 Å². The van der Waals surface area contributed by atoms with Crippen LogP contribution in [0.1, 0.15) is 21.6 Å².